The van der Waals surface area contributed by atoms with Gasteiger partial charge in [0.05, 0.1) is 13.2 Å². The van der Waals surface area contributed by atoms with E-state index in [-0.39, 0.29) is 6.04 Å². The largest absolute Gasteiger partial charge is 0.378 e. The maximum absolute atomic E-state index is 13.3. The minimum absolute atomic E-state index is 0.257. The molecule has 1 aromatic carbocycles. The van der Waals surface area contributed by atoms with E-state index in [1.54, 1.807) is 0 Å². The first-order valence-corrected chi connectivity index (χ1v) is 5.71. The molecular formula is C12H16F2N2O. The normalized spacial score (nSPS) is 20.5. The first-order valence-electron chi connectivity index (χ1n) is 5.71. The lowest BCUT2D eigenvalue weighted by molar-refractivity contribution is 0.0766. The standard InChI is InChI=1S/C12H16F2N2O/c13-10-2-1-9(12(14)5-10)6-15-7-11-8-17-4-3-16-11/h1-2,5,11,15-16H,3-4,6-8H2. The molecule has 0 aromatic heterocycles. The van der Waals surface area contributed by atoms with Crippen molar-refractivity contribution in [1.29, 1.82) is 0 Å². The molecule has 94 valence electrons. The summed E-state index contributed by atoms with van der Waals surface area (Å²) in [6.07, 6.45) is 0. The van der Waals surface area contributed by atoms with Gasteiger partial charge in [0.15, 0.2) is 0 Å². The summed E-state index contributed by atoms with van der Waals surface area (Å²) in [7, 11) is 0. The van der Waals surface area contributed by atoms with Crippen molar-refractivity contribution >= 4 is 0 Å². The van der Waals surface area contributed by atoms with Crippen LogP contribution in [0.3, 0.4) is 0 Å². The number of nitrogens with one attached hydrogen (secondary N) is 2. The fourth-order valence-electron chi connectivity index (χ4n) is 1.80. The number of benzene rings is 1. The van der Waals surface area contributed by atoms with Gasteiger partial charge in [0, 0.05) is 37.3 Å². The van der Waals surface area contributed by atoms with Crippen LogP contribution in [-0.4, -0.2) is 32.3 Å². The molecule has 1 atom stereocenters. The number of hydrogen-bond acceptors (Lipinski definition) is 3. The summed E-state index contributed by atoms with van der Waals surface area (Å²) in [4.78, 5) is 0. The van der Waals surface area contributed by atoms with Gasteiger partial charge in [-0.05, 0) is 6.07 Å². The molecule has 3 nitrogen and oxygen atoms in total. The summed E-state index contributed by atoms with van der Waals surface area (Å²) >= 11 is 0. The molecule has 0 spiro atoms. The van der Waals surface area contributed by atoms with Crippen LogP contribution in [0.25, 0.3) is 0 Å². The fourth-order valence-corrected chi connectivity index (χ4v) is 1.80. The molecule has 2 rings (SSSR count). The van der Waals surface area contributed by atoms with Crippen molar-refractivity contribution in [1.82, 2.24) is 10.6 Å². The second kappa shape index (κ2) is 6.05. The van der Waals surface area contributed by atoms with Gasteiger partial charge in [-0.2, -0.15) is 0 Å². The van der Waals surface area contributed by atoms with E-state index in [0.29, 0.717) is 25.3 Å². The molecule has 1 aliphatic rings. The van der Waals surface area contributed by atoms with Crippen LogP contribution in [0.5, 0.6) is 0 Å². The second-order valence-corrected chi connectivity index (χ2v) is 4.09. The molecule has 0 saturated carbocycles. The molecule has 1 aromatic rings. The summed E-state index contributed by atoms with van der Waals surface area (Å²) in [5.41, 5.74) is 0.475. The molecule has 0 bridgehead atoms. The fraction of sp³-hybridized carbons (Fsp3) is 0.500. The molecule has 2 N–H and O–H groups in total. The van der Waals surface area contributed by atoms with Crippen LogP contribution in [0.15, 0.2) is 18.2 Å². The smallest absolute Gasteiger partial charge is 0.130 e. The van der Waals surface area contributed by atoms with Crippen molar-refractivity contribution in [3.63, 3.8) is 0 Å². The minimum atomic E-state index is -0.548. The summed E-state index contributed by atoms with van der Waals surface area (Å²) in [5, 5.41) is 6.41. The monoisotopic (exact) mass is 242 g/mol. The Hall–Kier alpha value is -1.04. The zero-order valence-corrected chi connectivity index (χ0v) is 9.51. The van der Waals surface area contributed by atoms with Crippen molar-refractivity contribution in [3.05, 3.63) is 35.4 Å². The van der Waals surface area contributed by atoms with Gasteiger partial charge in [-0.3, -0.25) is 0 Å². The third-order valence-electron chi connectivity index (χ3n) is 2.72. The van der Waals surface area contributed by atoms with Crippen LogP contribution in [-0.2, 0) is 11.3 Å². The lowest BCUT2D eigenvalue weighted by Crippen LogP contribution is -2.47. The second-order valence-electron chi connectivity index (χ2n) is 4.09. The van der Waals surface area contributed by atoms with Crippen LogP contribution < -0.4 is 10.6 Å². The summed E-state index contributed by atoms with van der Waals surface area (Å²) in [6, 6.07) is 3.89. The molecular weight excluding hydrogens is 226 g/mol. The zero-order valence-electron chi connectivity index (χ0n) is 9.51. The average molecular weight is 242 g/mol. The molecule has 1 fully saturated rings. The van der Waals surface area contributed by atoms with E-state index in [4.69, 9.17) is 4.74 Å². The zero-order chi connectivity index (χ0) is 12.1. The predicted octanol–water partition coefficient (Wildman–Crippen LogP) is 1.04. The van der Waals surface area contributed by atoms with E-state index < -0.39 is 11.6 Å². The average Bonchev–Trinajstić information content (AvgIpc) is 2.33. The van der Waals surface area contributed by atoms with Gasteiger partial charge in [0.25, 0.3) is 0 Å². The van der Waals surface area contributed by atoms with E-state index in [1.165, 1.54) is 12.1 Å². The third-order valence-corrected chi connectivity index (χ3v) is 2.72. The molecule has 0 radical (unpaired) electrons. The van der Waals surface area contributed by atoms with Gasteiger partial charge in [0.2, 0.25) is 0 Å². The summed E-state index contributed by atoms with van der Waals surface area (Å²) in [5.74, 6) is -1.06. The Balaban J connectivity index is 1.77. The van der Waals surface area contributed by atoms with Crippen molar-refractivity contribution in [2.75, 3.05) is 26.3 Å². The Morgan fingerprint density at radius 2 is 2.29 bits per heavy atom. The van der Waals surface area contributed by atoms with E-state index in [1.807, 2.05) is 0 Å². The van der Waals surface area contributed by atoms with E-state index in [0.717, 1.165) is 19.2 Å². The SMILES string of the molecule is Fc1ccc(CNCC2COCCN2)c(F)c1. The molecule has 1 aliphatic heterocycles. The molecule has 5 heteroatoms. The molecule has 0 amide bonds. The predicted molar refractivity (Wildman–Crippen MR) is 60.7 cm³/mol. The lowest BCUT2D eigenvalue weighted by atomic mass is 10.2. The third kappa shape index (κ3) is 3.73. The van der Waals surface area contributed by atoms with E-state index in [9.17, 15) is 8.78 Å². The van der Waals surface area contributed by atoms with Gasteiger partial charge < -0.3 is 15.4 Å². The topological polar surface area (TPSA) is 33.3 Å². The van der Waals surface area contributed by atoms with Gasteiger partial charge in [-0.25, -0.2) is 8.78 Å². The number of halogens is 2. The van der Waals surface area contributed by atoms with Crippen LogP contribution in [0.1, 0.15) is 5.56 Å². The first-order chi connectivity index (χ1) is 8.25. The molecule has 1 unspecified atom stereocenters. The maximum atomic E-state index is 13.3. The van der Waals surface area contributed by atoms with Crippen LogP contribution in [0, 0.1) is 11.6 Å². The number of hydrogen-bond donors (Lipinski definition) is 2. The Kier molecular flexibility index (Phi) is 4.42. The van der Waals surface area contributed by atoms with Crippen molar-refractivity contribution in [3.8, 4) is 0 Å². The van der Waals surface area contributed by atoms with Crippen LogP contribution in [0.2, 0.25) is 0 Å². The minimum Gasteiger partial charge on any atom is -0.378 e. The van der Waals surface area contributed by atoms with Gasteiger partial charge in [0.1, 0.15) is 11.6 Å². The highest BCUT2D eigenvalue weighted by Gasteiger charge is 2.12. The number of rotatable bonds is 4. The molecule has 17 heavy (non-hydrogen) atoms. The van der Waals surface area contributed by atoms with Gasteiger partial charge in [-0.1, -0.05) is 6.07 Å². The Labute approximate surface area is 99.2 Å². The van der Waals surface area contributed by atoms with Gasteiger partial charge >= 0.3 is 0 Å². The maximum Gasteiger partial charge on any atom is 0.130 e. The van der Waals surface area contributed by atoms with Crippen molar-refractivity contribution in [2.45, 2.75) is 12.6 Å². The Morgan fingerprint density at radius 1 is 1.41 bits per heavy atom. The van der Waals surface area contributed by atoms with Gasteiger partial charge in [-0.15, -0.1) is 0 Å². The van der Waals surface area contributed by atoms with Crippen molar-refractivity contribution < 1.29 is 13.5 Å². The van der Waals surface area contributed by atoms with Crippen molar-refractivity contribution in [2.24, 2.45) is 0 Å². The molecule has 0 aliphatic carbocycles. The molecule has 1 heterocycles. The highest BCUT2D eigenvalue weighted by atomic mass is 19.1. The van der Waals surface area contributed by atoms with E-state index in [2.05, 4.69) is 10.6 Å². The first kappa shape index (κ1) is 12.4. The summed E-state index contributed by atoms with van der Waals surface area (Å²) < 4.78 is 31.3. The number of ether oxygens (including phenoxy) is 1. The van der Waals surface area contributed by atoms with Crippen LogP contribution >= 0.6 is 0 Å². The lowest BCUT2D eigenvalue weighted by Gasteiger charge is -2.24. The summed E-state index contributed by atoms with van der Waals surface area (Å²) in [6.45, 7) is 3.35. The number of morpholine rings is 1. The highest BCUT2D eigenvalue weighted by molar-refractivity contribution is 5.18. The molecule has 1 saturated heterocycles. The Bertz CT molecular complexity index is 368. The van der Waals surface area contributed by atoms with Crippen LogP contribution in [0.4, 0.5) is 8.78 Å². The Morgan fingerprint density at radius 3 is 3.00 bits per heavy atom. The quantitative estimate of drug-likeness (QED) is 0.827. The van der Waals surface area contributed by atoms with E-state index >= 15 is 0 Å². The highest BCUT2D eigenvalue weighted by Crippen LogP contribution is 2.08.